The van der Waals surface area contributed by atoms with Crippen LogP contribution in [0.2, 0.25) is 0 Å². The van der Waals surface area contributed by atoms with E-state index in [1.165, 1.54) is 7.05 Å². The van der Waals surface area contributed by atoms with E-state index in [2.05, 4.69) is 5.10 Å². The van der Waals surface area contributed by atoms with Gasteiger partial charge in [0.2, 0.25) is 0 Å². The molecule has 0 saturated carbocycles. The van der Waals surface area contributed by atoms with Crippen LogP contribution in [-0.4, -0.2) is 20.9 Å². The van der Waals surface area contributed by atoms with Crippen LogP contribution in [0.15, 0.2) is 24.3 Å². The average Bonchev–Trinajstić information content (AvgIpc) is 2.69. The molecule has 0 amide bonds. The van der Waals surface area contributed by atoms with Crippen molar-refractivity contribution in [1.82, 2.24) is 9.78 Å². The summed E-state index contributed by atoms with van der Waals surface area (Å²) in [6.45, 7) is 0. The maximum Gasteiger partial charge on any atom is 0.416 e. The van der Waals surface area contributed by atoms with Crippen LogP contribution in [0.25, 0.3) is 11.3 Å². The Morgan fingerprint density at radius 3 is 2.40 bits per heavy atom. The zero-order chi connectivity index (χ0) is 15.1. The lowest BCUT2D eigenvalue weighted by Gasteiger charge is -2.07. The van der Waals surface area contributed by atoms with Crippen LogP contribution in [0, 0.1) is 5.82 Å². The van der Waals surface area contributed by atoms with Gasteiger partial charge in [0.05, 0.1) is 11.3 Å². The second kappa shape index (κ2) is 4.62. The van der Waals surface area contributed by atoms with Crippen LogP contribution in [0.5, 0.6) is 0 Å². The number of aromatic nitrogens is 2. The molecule has 1 N–H and O–H groups in total. The topological polar surface area (TPSA) is 55.1 Å². The van der Waals surface area contributed by atoms with Crippen molar-refractivity contribution in [2.24, 2.45) is 7.05 Å². The summed E-state index contributed by atoms with van der Waals surface area (Å²) >= 11 is 0. The third-order valence-corrected chi connectivity index (χ3v) is 2.67. The summed E-state index contributed by atoms with van der Waals surface area (Å²) < 4.78 is 52.0. The predicted molar refractivity (Wildman–Crippen MR) is 60.6 cm³/mol. The van der Waals surface area contributed by atoms with Gasteiger partial charge in [0.1, 0.15) is 11.5 Å². The normalized spacial score (nSPS) is 11.7. The summed E-state index contributed by atoms with van der Waals surface area (Å²) in [5.74, 6) is -2.38. The van der Waals surface area contributed by atoms with E-state index in [-0.39, 0.29) is 17.0 Å². The molecule has 0 unspecified atom stereocenters. The Balaban J connectivity index is 2.49. The van der Waals surface area contributed by atoms with E-state index >= 15 is 0 Å². The van der Waals surface area contributed by atoms with E-state index in [1.54, 1.807) is 0 Å². The third-order valence-electron chi connectivity index (χ3n) is 2.67. The van der Waals surface area contributed by atoms with Gasteiger partial charge in [-0.2, -0.15) is 18.3 Å². The van der Waals surface area contributed by atoms with Crippen molar-refractivity contribution in [3.63, 3.8) is 0 Å². The van der Waals surface area contributed by atoms with Gasteiger partial charge < -0.3 is 5.11 Å². The molecule has 0 aliphatic heterocycles. The zero-order valence-corrected chi connectivity index (χ0v) is 10.1. The van der Waals surface area contributed by atoms with Crippen LogP contribution in [-0.2, 0) is 13.2 Å². The second-order valence-electron chi connectivity index (χ2n) is 4.04. The Morgan fingerprint density at radius 2 is 1.95 bits per heavy atom. The zero-order valence-electron chi connectivity index (χ0n) is 10.1. The Morgan fingerprint density at radius 1 is 1.30 bits per heavy atom. The van der Waals surface area contributed by atoms with Crippen LogP contribution in [0.3, 0.4) is 0 Å². The molecule has 2 aromatic rings. The smallest absolute Gasteiger partial charge is 0.416 e. The molecule has 0 bridgehead atoms. The number of rotatable bonds is 2. The molecule has 0 spiro atoms. The number of carbonyl (C=O) groups is 1. The number of hydrogen-bond donors (Lipinski definition) is 1. The molecule has 1 aromatic heterocycles. The Bertz CT molecular complexity index is 677. The van der Waals surface area contributed by atoms with Crippen molar-refractivity contribution < 1.29 is 27.5 Å². The van der Waals surface area contributed by atoms with Crippen molar-refractivity contribution in [3.8, 4) is 11.3 Å². The lowest BCUT2D eigenvalue weighted by Crippen LogP contribution is -2.05. The van der Waals surface area contributed by atoms with Gasteiger partial charge in [-0.3, -0.25) is 4.68 Å². The number of halogens is 4. The molecule has 8 heteroatoms. The molecule has 1 aromatic carbocycles. The summed E-state index contributed by atoms with van der Waals surface area (Å²) in [6.07, 6.45) is -4.64. The Kier molecular flexibility index (Phi) is 3.24. The SMILES string of the molecule is Cn1nc(-c2ccc(C(F)(F)F)cc2F)cc1C(=O)O. The fraction of sp³-hybridized carbons (Fsp3) is 0.167. The molecule has 0 saturated heterocycles. The van der Waals surface area contributed by atoms with Gasteiger partial charge in [-0.1, -0.05) is 0 Å². The highest BCUT2D eigenvalue weighted by molar-refractivity contribution is 5.87. The lowest BCUT2D eigenvalue weighted by atomic mass is 10.1. The van der Waals surface area contributed by atoms with Gasteiger partial charge in [0.25, 0.3) is 0 Å². The minimum absolute atomic E-state index is 0.0453. The van der Waals surface area contributed by atoms with E-state index in [1.807, 2.05) is 0 Å². The summed E-state index contributed by atoms with van der Waals surface area (Å²) in [5, 5.41) is 12.6. The second-order valence-corrected chi connectivity index (χ2v) is 4.04. The van der Waals surface area contributed by atoms with Crippen molar-refractivity contribution in [3.05, 3.63) is 41.3 Å². The summed E-state index contributed by atoms with van der Waals surface area (Å²) in [7, 11) is 1.34. The molecule has 20 heavy (non-hydrogen) atoms. The average molecular weight is 288 g/mol. The van der Waals surface area contributed by atoms with E-state index in [0.717, 1.165) is 16.8 Å². The van der Waals surface area contributed by atoms with Gasteiger partial charge in [-0.25, -0.2) is 9.18 Å². The highest BCUT2D eigenvalue weighted by atomic mass is 19.4. The molecule has 0 fully saturated rings. The van der Waals surface area contributed by atoms with Crippen LogP contribution < -0.4 is 0 Å². The number of carboxylic acids is 1. The Hall–Kier alpha value is -2.38. The monoisotopic (exact) mass is 288 g/mol. The summed E-state index contributed by atoms with van der Waals surface area (Å²) in [6, 6.07) is 3.08. The number of alkyl halides is 3. The van der Waals surface area contributed by atoms with Crippen LogP contribution in [0.1, 0.15) is 16.1 Å². The number of nitrogens with zero attached hydrogens (tertiary/aromatic N) is 2. The van der Waals surface area contributed by atoms with Crippen molar-refractivity contribution in [2.75, 3.05) is 0 Å². The molecule has 0 radical (unpaired) electrons. The first-order valence-electron chi connectivity index (χ1n) is 5.34. The maximum absolute atomic E-state index is 13.7. The molecule has 0 atom stereocenters. The van der Waals surface area contributed by atoms with Crippen LogP contribution >= 0.6 is 0 Å². The standard InChI is InChI=1S/C12H8F4N2O2/c1-18-10(11(19)20)5-9(17-18)7-3-2-6(4-8(7)13)12(14,15)16/h2-5H,1H3,(H,19,20). The third kappa shape index (κ3) is 2.49. The quantitative estimate of drug-likeness (QED) is 0.864. The van der Waals surface area contributed by atoms with E-state index in [0.29, 0.717) is 12.1 Å². The number of carboxylic acid groups (broad SMARTS) is 1. The first-order chi connectivity index (χ1) is 9.20. The fourth-order valence-corrected chi connectivity index (χ4v) is 1.70. The van der Waals surface area contributed by atoms with E-state index < -0.39 is 23.5 Å². The van der Waals surface area contributed by atoms with Gasteiger partial charge in [-0.15, -0.1) is 0 Å². The van der Waals surface area contributed by atoms with Crippen molar-refractivity contribution in [1.29, 1.82) is 0 Å². The number of aryl methyl sites for hydroxylation is 1. The molecule has 0 aliphatic rings. The van der Waals surface area contributed by atoms with Crippen LogP contribution in [0.4, 0.5) is 17.6 Å². The largest absolute Gasteiger partial charge is 0.477 e. The predicted octanol–water partition coefficient (Wildman–Crippen LogP) is 2.94. The minimum Gasteiger partial charge on any atom is -0.477 e. The van der Waals surface area contributed by atoms with Crippen molar-refractivity contribution in [2.45, 2.75) is 6.18 Å². The number of aromatic carboxylic acids is 1. The highest BCUT2D eigenvalue weighted by Gasteiger charge is 2.31. The fourth-order valence-electron chi connectivity index (χ4n) is 1.70. The molecular formula is C12H8F4N2O2. The van der Waals surface area contributed by atoms with Gasteiger partial charge >= 0.3 is 12.1 Å². The van der Waals surface area contributed by atoms with Crippen molar-refractivity contribution >= 4 is 5.97 Å². The molecule has 106 valence electrons. The molecule has 0 aliphatic carbocycles. The molecule has 2 rings (SSSR count). The molecule has 1 heterocycles. The van der Waals surface area contributed by atoms with Gasteiger partial charge in [0, 0.05) is 12.6 Å². The first-order valence-corrected chi connectivity index (χ1v) is 5.34. The van der Waals surface area contributed by atoms with E-state index in [4.69, 9.17) is 5.11 Å². The molecule has 4 nitrogen and oxygen atoms in total. The number of hydrogen-bond acceptors (Lipinski definition) is 2. The molecular weight excluding hydrogens is 280 g/mol. The first kappa shape index (κ1) is 14.0. The summed E-state index contributed by atoms with van der Waals surface area (Å²) in [4.78, 5) is 10.8. The maximum atomic E-state index is 13.7. The lowest BCUT2D eigenvalue weighted by molar-refractivity contribution is -0.137. The Labute approximate surface area is 110 Å². The van der Waals surface area contributed by atoms with Gasteiger partial charge in [-0.05, 0) is 24.3 Å². The minimum atomic E-state index is -4.64. The summed E-state index contributed by atoms with van der Waals surface area (Å²) in [5.41, 5.74) is -1.55. The highest BCUT2D eigenvalue weighted by Crippen LogP contribution is 2.32. The number of benzene rings is 1. The van der Waals surface area contributed by atoms with Gasteiger partial charge in [0.15, 0.2) is 0 Å². The van der Waals surface area contributed by atoms with E-state index in [9.17, 15) is 22.4 Å².